The van der Waals surface area contributed by atoms with Crippen LogP contribution in [-0.4, -0.2) is 25.1 Å². The molecule has 0 spiro atoms. The fraction of sp³-hybridized carbons (Fsp3) is 0.111. The van der Waals surface area contributed by atoms with Crippen LogP contribution in [0.4, 0.5) is 10.8 Å². The highest BCUT2D eigenvalue weighted by Crippen LogP contribution is 2.23. The van der Waals surface area contributed by atoms with Gasteiger partial charge in [-0.25, -0.2) is 13.4 Å². The van der Waals surface area contributed by atoms with E-state index in [1.54, 1.807) is 42.5 Å². The van der Waals surface area contributed by atoms with Crippen LogP contribution in [0.1, 0.15) is 5.69 Å². The first-order chi connectivity index (χ1) is 12.9. The third kappa shape index (κ3) is 5.56. The monoisotopic (exact) mass is 419 g/mol. The Labute approximate surface area is 166 Å². The van der Waals surface area contributed by atoms with Gasteiger partial charge in [0, 0.05) is 16.0 Å². The molecule has 9 heteroatoms. The Hall–Kier alpha value is -2.36. The van der Waals surface area contributed by atoms with E-state index in [9.17, 15) is 13.2 Å². The molecule has 1 aromatic heterocycles. The molecule has 0 aliphatic carbocycles. The summed E-state index contributed by atoms with van der Waals surface area (Å²) in [4.78, 5) is 17.2. The van der Waals surface area contributed by atoms with E-state index in [1.807, 2.05) is 12.3 Å². The van der Waals surface area contributed by atoms with E-state index in [2.05, 4.69) is 15.0 Å². The first-order valence-corrected chi connectivity index (χ1v) is 11.3. The van der Waals surface area contributed by atoms with Crippen molar-refractivity contribution in [3.63, 3.8) is 0 Å². The molecule has 6 nitrogen and oxygen atoms in total. The summed E-state index contributed by atoms with van der Waals surface area (Å²) in [5, 5.41) is 5.21. The first kappa shape index (κ1) is 19.4. The van der Waals surface area contributed by atoms with E-state index >= 15 is 0 Å². The summed E-state index contributed by atoms with van der Waals surface area (Å²) in [7, 11) is -3.61. The van der Waals surface area contributed by atoms with Crippen LogP contribution in [-0.2, 0) is 14.8 Å². The Morgan fingerprint density at radius 3 is 2.44 bits per heavy atom. The molecule has 27 heavy (non-hydrogen) atoms. The molecule has 0 unspecified atom stereocenters. The number of rotatable bonds is 7. The second kappa shape index (κ2) is 8.55. The summed E-state index contributed by atoms with van der Waals surface area (Å²) in [6.45, 7) is 1.87. The van der Waals surface area contributed by atoms with Gasteiger partial charge in [-0.2, -0.15) is 0 Å². The number of amides is 1. The summed E-state index contributed by atoms with van der Waals surface area (Å²) in [6, 6.07) is 15.1. The van der Waals surface area contributed by atoms with Gasteiger partial charge < -0.3 is 5.32 Å². The molecule has 0 atom stereocenters. The number of aryl methyl sites for hydroxylation is 1. The molecule has 0 aliphatic rings. The average Bonchev–Trinajstić information content (AvgIpc) is 3.06. The summed E-state index contributed by atoms with van der Waals surface area (Å²) in [5.41, 5.74) is 1.34. The summed E-state index contributed by atoms with van der Waals surface area (Å²) >= 11 is 2.75. The molecule has 3 rings (SSSR count). The highest BCUT2D eigenvalue weighted by atomic mass is 32.2. The van der Waals surface area contributed by atoms with Crippen LogP contribution in [0.5, 0.6) is 0 Å². The minimum atomic E-state index is -3.61. The molecule has 1 heterocycles. The van der Waals surface area contributed by atoms with E-state index in [0.29, 0.717) is 10.8 Å². The fourth-order valence-electron chi connectivity index (χ4n) is 2.15. The third-order valence-corrected chi connectivity index (χ3v) is 6.68. The maximum Gasteiger partial charge on any atom is 0.261 e. The lowest BCUT2D eigenvalue weighted by molar-refractivity contribution is -0.113. The Morgan fingerprint density at radius 2 is 1.81 bits per heavy atom. The van der Waals surface area contributed by atoms with Crippen LogP contribution in [0.2, 0.25) is 0 Å². The van der Waals surface area contributed by atoms with E-state index in [-0.39, 0.29) is 16.6 Å². The lowest BCUT2D eigenvalue weighted by Crippen LogP contribution is -2.14. The molecule has 0 saturated heterocycles. The molecule has 0 aliphatic heterocycles. The summed E-state index contributed by atoms with van der Waals surface area (Å²) in [5.74, 6) is 0.108. The molecule has 1 amide bonds. The number of benzene rings is 2. The van der Waals surface area contributed by atoms with Gasteiger partial charge in [-0.15, -0.1) is 23.1 Å². The number of sulfonamides is 1. The minimum absolute atomic E-state index is 0.136. The van der Waals surface area contributed by atoms with Crippen LogP contribution >= 0.6 is 23.1 Å². The molecule has 0 bridgehead atoms. The number of carbonyl (C=O) groups excluding carboxylic acids is 1. The number of anilines is 2. The first-order valence-electron chi connectivity index (χ1n) is 7.95. The van der Waals surface area contributed by atoms with Crippen molar-refractivity contribution in [2.75, 3.05) is 15.8 Å². The number of nitrogens with one attached hydrogen (secondary N) is 2. The van der Waals surface area contributed by atoms with Gasteiger partial charge in [-0.1, -0.05) is 18.2 Å². The van der Waals surface area contributed by atoms with Gasteiger partial charge in [0.1, 0.15) is 0 Å². The van der Waals surface area contributed by atoms with Gasteiger partial charge in [0.15, 0.2) is 5.13 Å². The summed E-state index contributed by atoms with van der Waals surface area (Å²) in [6.07, 6.45) is 0. The molecular weight excluding hydrogens is 402 g/mol. The Bertz CT molecular complexity index is 1020. The van der Waals surface area contributed by atoms with E-state index < -0.39 is 10.0 Å². The Morgan fingerprint density at radius 1 is 1.11 bits per heavy atom. The van der Waals surface area contributed by atoms with Crippen LogP contribution in [0.15, 0.2) is 69.8 Å². The molecule has 3 aromatic rings. The molecule has 2 N–H and O–H groups in total. The molecule has 0 saturated carbocycles. The quantitative estimate of drug-likeness (QED) is 0.566. The lowest BCUT2D eigenvalue weighted by atomic mass is 10.3. The normalized spacial score (nSPS) is 11.1. The zero-order valence-corrected chi connectivity index (χ0v) is 16.8. The zero-order chi connectivity index (χ0) is 19.3. The highest BCUT2D eigenvalue weighted by molar-refractivity contribution is 8.00. The largest absolute Gasteiger partial charge is 0.301 e. The van der Waals surface area contributed by atoms with Gasteiger partial charge in [0.05, 0.1) is 16.3 Å². The maximum absolute atomic E-state index is 12.3. The minimum Gasteiger partial charge on any atom is -0.301 e. The zero-order valence-electron chi connectivity index (χ0n) is 14.4. The number of hydrogen-bond acceptors (Lipinski definition) is 6. The van der Waals surface area contributed by atoms with Crippen LogP contribution in [0, 0.1) is 6.92 Å². The van der Waals surface area contributed by atoms with Gasteiger partial charge >= 0.3 is 0 Å². The Balaban J connectivity index is 1.55. The van der Waals surface area contributed by atoms with Crippen molar-refractivity contribution in [3.8, 4) is 0 Å². The second-order valence-electron chi connectivity index (χ2n) is 5.57. The maximum atomic E-state index is 12.3. The molecule has 0 radical (unpaired) electrons. The van der Waals surface area contributed by atoms with Crippen molar-refractivity contribution in [1.29, 1.82) is 0 Å². The number of nitrogens with zero attached hydrogens (tertiary/aromatic N) is 1. The van der Waals surface area contributed by atoms with Crippen molar-refractivity contribution in [2.24, 2.45) is 0 Å². The number of thiazole rings is 1. The SMILES string of the molecule is Cc1csc(NC(=O)CSc2ccc(NS(=O)(=O)c3ccccc3)cc2)n1. The van der Waals surface area contributed by atoms with Crippen molar-refractivity contribution in [3.05, 3.63) is 65.7 Å². The number of carbonyl (C=O) groups is 1. The van der Waals surface area contributed by atoms with Crippen molar-refractivity contribution in [1.82, 2.24) is 4.98 Å². The molecule has 2 aromatic carbocycles. The summed E-state index contributed by atoms with van der Waals surface area (Å²) < 4.78 is 27.1. The standard InChI is InChI=1S/C18H17N3O3S3/c1-13-11-26-18(19-13)20-17(22)12-25-15-9-7-14(8-10-15)21-27(23,24)16-5-3-2-4-6-16/h2-11,21H,12H2,1H3,(H,19,20,22). The second-order valence-corrected chi connectivity index (χ2v) is 9.16. The van der Waals surface area contributed by atoms with Gasteiger partial charge in [0.25, 0.3) is 10.0 Å². The van der Waals surface area contributed by atoms with Gasteiger partial charge in [-0.05, 0) is 43.3 Å². The highest BCUT2D eigenvalue weighted by Gasteiger charge is 2.13. The van der Waals surface area contributed by atoms with Crippen LogP contribution in [0.25, 0.3) is 0 Å². The average molecular weight is 420 g/mol. The predicted molar refractivity (Wildman–Crippen MR) is 110 cm³/mol. The van der Waals surface area contributed by atoms with Crippen molar-refractivity contribution < 1.29 is 13.2 Å². The van der Waals surface area contributed by atoms with Crippen LogP contribution in [0.3, 0.4) is 0 Å². The fourth-order valence-corrected chi connectivity index (χ4v) is 4.63. The number of thioether (sulfide) groups is 1. The van der Waals surface area contributed by atoms with Crippen molar-refractivity contribution in [2.45, 2.75) is 16.7 Å². The van der Waals surface area contributed by atoms with E-state index in [0.717, 1.165) is 10.6 Å². The smallest absolute Gasteiger partial charge is 0.261 e. The third-order valence-electron chi connectivity index (χ3n) is 3.40. The Kier molecular flexibility index (Phi) is 6.15. The molecule has 140 valence electrons. The predicted octanol–water partition coefficient (Wildman–Crippen LogP) is 3.98. The van der Waals surface area contributed by atoms with Gasteiger partial charge in [-0.3, -0.25) is 9.52 Å². The van der Waals surface area contributed by atoms with E-state index in [1.165, 1.54) is 35.2 Å². The number of aromatic nitrogens is 1. The van der Waals surface area contributed by atoms with Crippen LogP contribution < -0.4 is 10.0 Å². The van der Waals surface area contributed by atoms with E-state index in [4.69, 9.17) is 0 Å². The van der Waals surface area contributed by atoms with Crippen molar-refractivity contribution >= 4 is 49.8 Å². The topological polar surface area (TPSA) is 88.2 Å². The van der Waals surface area contributed by atoms with Gasteiger partial charge in [0.2, 0.25) is 5.91 Å². The molecule has 0 fully saturated rings. The number of hydrogen-bond donors (Lipinski definition) is 2. The lowest BCUT2D eigenvalue weighted by Gasteiger charge is -2.08. The molecular formula is C18H17N3O3S3.